The van der Waals surface area contributed by atoms with E-state index in [1.165, 1.54) is 4.90 Å². The summed E-state index contributed by atoms with van der Waals surface area (Å²) in [6.07, 6.45) is 0.341. The second kappa shape index (κ2) is 7.14. The van der Waals surface area contributed by atoms with Gasteiger partial charge >= 0.3 is 6.09 Å². The van der Waals surface area contributed by atoms with Gasteiger partial charge in [-0.3, -0.25) is 9.69 Å². The van der Waals surface area contributed by atoms with E-state index in [0.29, 0.717) is 17.9 Å². The van der Waals surface area contributed by atoms with Gasteiger partial charge in [-0.25, -0.2) is 4.79 Å². The lowest BCUT2D eigenvalue weighted by Gasteiger charge is -2.26. The Labute approximate surface area is 118 Å². The van der Waals surface area contributed by atoms with E-state index in [4.69, 9.17) is 16.3 Å². The lowest BCUT2D eigenvalue weighted by atomic mass is 10.2. The Kier molecular flexibility index (Phi) is 5.83. The average molecular weight is 284 g/mol. The summed E-state index contributed by atoms with van der Waals surface area (Å²) in [4.78, 5) is 24.7. The molecule has 0 atom stereocenters. The van der Waals surface area contributed by atoms with Gasteiger partial charge in [-0.15, -0.1) is 0 Å². The molecule has 0 saturated heterocycles. The second-order valence-corrected chi connectivity index (χ2v) is 4.75. The molecule has 1 aromatic rings. The van der Waals surface area contributed by atoms with Gasteiger partial charge in [0.1, 0.15) is 0 Å². The van der Waals surface area contributed by atoms with Crippen LogP contribution in [-0.4, -0.2) is 24.0 Å². The Bertz CT molecular complexity index is 460. The third-order valence-corrected chi connectivity index (χ3v) is 2.71. The fraction of sp³-hybridized carbons (Fsp3) is 0.429. The van der Waals surface area contributed by atoms with E-state index >= 15 is 0 Å². The number of ether oxygens (including phenoxy) is 1. The normalized spacial score (nSPS) is 10.4. The number of amides is 1. The fourth-order valence-corrected chi connectivity index (χ4v) is 1.77. The molecular weight excluding hydrogens is 266 g/mol. The predicted octanol–water partition coefficient (Wildman–Crippen LogP) is 3.83. The summed E-state index contributed by atoms with van der Waals surface area (Å²) in [7, 11) is 0. The Morgan fingerprint density at radius 3 is 2.58 bits per heavy atom. The van der Waals surface area contributed by atoms with Crippen LogP contribution in [-0.2, 0) is 4.74 Å². The SMILES string of the molecule is CCCOC(=O)N(c1cccc(C(=O)Cl)c1)C(C)C. The molecule has 19 heavy (non-hydrogen) atoms. The zero-order valence-electron chi connectivity index (χ0n) is 11.4. The first-order chi connectivity index (χ1) is 8.97. The van der Waals surface area contributed by atoms with E-state index < -0.39 is 11.3 Å². The van der Waals surface area contributed by atoms with Gasteiger partial charge in [-0.2, -0.15) is 0 Å². The van der Waals surface area contributed by atoms with Crippen LogP contribution in [0.25, 0.3) is 0 Å². The minimum atomic E-state index is -0.549. The van der Waals surface area contributed by atoms with Crippen molar-refractivity contribution in [2.45, 2.75) is 33.2 Å². The molecule has 0 spiro atoms. The van der Waals surface area contributed by atoms with E-state index in [1.54, 1.807) is 24.3 Å². The molecule has 0 radical (unpaired) electrons. The molecule has 5 heteroatoms. The lowest BCUT2D eigenvalue weighted by molar-refractivity contribution is 0.108. The van der Waals surface area contributed by atoms with Crippen LogP contribution >= 0.6 is 11.6 Å². The van der Waals surface area contributed by atoms with E-state index in [0.717, 1.165) is 6.42 Å². The van der Waals surface area contributed by atoms with Crippen molar-refractivity contribution in [2.24, 2.45) is 0 Å². The molecule has 4 nitrogen and oxygen atoms in total. The Balaban J connectivity index is 3.02. The van der Waals surface area contributed by atoms with Crippen molar-refractivity contribution in [3.8, 4) is 0 Å². The first-order valence-electron chi connectivity index (χ1n) is 6.23. The molecule has 0 heterocycles. The van der Waals surface area contributed by atoms with Gasteiger partial charge in [0.25, 0.3) is 5.24 Å². The van der Waals surface area contributed by atoms with Gasteiger partial charge < -0.3 is 4.74 Å². The number of rotatable bonds is 5. The van der Waals surface area contributed by atoms with Crippen LogP contribution in [0.1, 0.15) is 37.6 Å². The van der Waals surface area contributed by atoms with Crippen molar-refractivity contribution >= 4 is 28.6 Å². The summed E-state index contributed by atoms with van der Waals surface area (Å²) < 4.78 is 5.14. The van der Waals surface area contributed by atoms with Crippen molar-refractivity contribution in [3.63, 3.8) is 0 Å². The summed E-state index contributed by atoms with van der Waals surface area (Å²) in [5.74, 6) is 0. The number of hydrogen-bond donors (Lipinski definition) is 0. The van der Waals surface area contributed by atoms with Crippen LogP contribution in [0.3, 0.4) is 0 Å². The van der Waals surface area contributed by atoms with Gasteiger partial charge in [0.05, 0.1) is 6.61 Å². The largest absolute Gasteiger partial charge is 0.449 e. The van der Waals surface area contributed by atoms with Crippen LogP contribution in [0.15, 0.2) is 24.3 Å². The number of benzene rings is 1. The Hall–Kier alpha value is -1.55. The molecule has 0 fully saturated rings. The number of carbonyl (C=O) groups is 2. The molecule has 0 aromatic heterocycles. The summed E-state index contributed by atoms with van der Waals surface area (Å²) in [6.45, 7) is 6.06. The first-order valence-corrected chi connectivity index (χ1v) is 6.61. The van der Waals surface area contributed by atoms with Crippen molar-refractivity contribution in [3.05, 3.63) is 29.8 Å². The zero-order valence-corrected chi connectivity index (χ0v) is 12.1. The number of carbonyl (C=O) groups excluding carboxylic acids is 2. The summed E-state index contributed by atoms with van der Waals surface area (Å²) >= 11 is 5.45. The summed E-state index contributed by atoms with van der Waals surface area (Å²) in [6, 6.07) is 6.55. The van der Waals surface area contributed by atoms with Gasteiger partial charge in [0.2, 0.25) is 0 Å². The van der Waals surface area contributed by atoms with E-state index in [9.17, 15) is 9.59 Å². The molecule has 0 aliphatic heterocycles. The highest BCUT2D eigenvalue weighted by Gasteiger charge is 2.21. The van der Waals surface area contributed by atoms with Crippen LogP contribution < -0.4 is 4.90 Å². The minimum Gasteiger partial charge on any atom is -0.449 e. The number of hydrogen-bond acceptors (Lipinski definition) is 3. The highest BCUT2D eigenvalue weighted by atomic mass is 35.5. The zero-order chi connectivity index (χ0) is 14.4. The maximum Gasteiger partial charge on any atom is 0.414 e. The molecule has 0 saturated carbocycles. The fourth-order valence-electron chi connectivity index (χ4n) is 1.65. The molecular formula is C14H18ClNO3. The van der Waals surface area contributed by atoms with Crippen LogP contribution in [0.5, 0.6) is 0 Å². The highest BCUT2D eigenvalue weighted by Crippen LogP contribution is 2.21. The molecule has 1 aromatic carbocycles. The molecule has 0 aliphatic carbocycles. The third kappa shape index (κ3) is 4.24. The maximum atomic E-state index is 12.0. The molecule has 1 rings (SSSR count). The summed E-state index contributed by atoms with van der Waals surface area (Å²) in [5.41, 5.74) is 0.954. The second-order valence-electron chi connectivity index (χ2n) is 4.40. The van der Waals surface area contributed by atoms with E-state index in [1.807, 2.05) is 20.8 Å². The molecule has 0 unspecified atom stereocenters. The van der Waals surface area contributed by atoms with Gasteiger partial charge in [-0.1, -0.05) is 13.0 Å². The van der Waals surface area contributed by atoms with Gasteiger partial charge in [0, 0.05) is 17.3 Å². The Morgan fingerprint density at radius 1 is 1.37 bits per heavy atom. The van der Waals surface area contributed by atoms with Crippen molar-refractivity contribution in [1.29, 1.82) is 0 Å². The lowest BCUT2D eigenvalue weighted by Crippen LogP contribution is -2.37. The van der Waals surface area contributed by atoms with Crippen molar-refractivity contribution in [1.82, 2.24) is 0 Å². The molecule has 0 aliphatic rings. The topological polar surface area (TPSA) is 46.6 Å². The molecule has 0 N–H and O–H groups in total. The van der Waals surface area contributed by atoms with Crippen LogP contribution in [0.4, 0.5) is 10.5 Å². The first kappa shape index (κ1) is 15.5. The van der Waals surface area contributed by atoms with Crippen molar-refractivity contribution in [2.75, 3.05) is 11.5 Å². The number of anilines is 1. The maximum absolute atomic E-state index is 12.0. The number of halogens is 1. The molecule has 1 amide bonds. The Morgan fingerprint density at radius 2 is 2.05 bits per heavy atom. The quantitative estimate of drug-likeness (QED) is 0.772. The molecule has 0 bridgehead atoms. The van der Waals surface area contributed by atoms with Crippen molar-refractivity contribution < 1.29 is 14.3 Å². The van der Waals surface area contributed by atoms with Crippen LogP contribution in [0.2, 0.25) is 0 Å². The molecule has 104 valence electrons. The average Bonchev–Trinajstić information content (AvgIpc) is 2.36. The van der Waals surface area contributed by atoms with Crippen LogP contribution in [0, 0.1) is 0 Å². The minimum absolute atomic E-state index is 0.0787. The van der Waals surface area contributed by atoms with Gasteiger partial charge in [-0.05, 0) is 50.1 Å². The number of nitrogens with zero attached hydrogens (tertiary/aromatic N) is 1. The van der Waals surface area contributed by atoms with E-state index in [2.05, 4.69) is 0 Å². The smallest absolute Gasteiger partial charge is 0.414 e. The monoisotopic (exact) mass is 283 g/mol. The predicted molar refractivity (Wildman–Crippen MR) is 75.9 cm³/mol. The van der Waals surface area contributed by atoms with E-state index in [-0.39, 0.29) is 6.04 Å². The third-order valence-electron chi connectivity index (χ3n) is 2.49. The highest BCUT2D eigenvalue weighted by molar-refractivity contribution is 6.67. The standard InChI is InChI=1S/C14H18ClNO3/c1-4-8-19-14(18)16(10(2)3)12-7-5-6-11(9-12)13(15)17/h5-7,9-10H,4,8H2,1-3H3. The summed E-state index contributed by atoms with van der Waals surface area (Å²) in [5, 5.41) is -0.549. The van der Waals surface area contributed by atoms with Gasteiger partial charge in [0.15, 0.2) is 0 Å².